The van der Waals surface area contributed by atoms with E-state index in [1.54, 1.807) is 0 Å². The third-order valence-electron chi connectivity index (χ3n) is 3.60. The van der Waals surface area contributed by atoms with Crippen LogP contribution in [-0.4, -0.2) is 11.8 Å². The van der Waals surface area contributed by atoms with E-state index >= 15 is 0 Å². The minimum absolute atomic E-state index is 0.236. The van der Waals surface area contributed by atoms with Crippen molar-refractivity contribution in [3.05, 3.63) is 29.3 Å². The average Bonchev–Trinajstić information content (AvgIpc) is 2.27. The molecule has 1 heterocycles. The van der Waals surface area contributed by atoms with E-state index in [2.05, 4.69) is 58.1 Å². The summed E-state index contributed by atoms with van der Waals surface area (Å²) in [7, 11) is 0. The molecule has 1 aromatic rings. The predicted molar refractivity (Wildman–Crippen MR) is 81.5 cm³/mol. The van der Waals surface area contributed by atoms with E-state index in [9.17, 15) is 0 Å². The molecule has 18 heavy (non-hydrogen) atoms. The fourth-order valence-electron chi connectivity index (χ4n) is 2.56. The van der Waals surface area contributed by atoms with E-state index in [4.69, 9.17) is 0 Å². The summed E-state index contributed by atoms with van der Waals surface area (Å²) >= 11 is 2.02. The molecule has 1 aromatic carbocycles. The highest BCUT2D eigenvalue weighted by molar-refractivity contribution is 8.00. The molecule has 0 saturated carbocycles. The van der Waals surface area contributed by atoms with Crippen molar-refractivity contribution >= 4 is 11.8 Å². The van der Waals surface area contributed by atoms with Crippen LogP contribution in [0.25, 0.3) is 0 Å². The Morgan fingerprint density at radius 2 is 2.06 bits per heavy atom. The van der Waals surface area contributed by atoms with E-state index < -0.39 is 0 Å². The second kappa shape index (κ2) is 5.26. The summed E-state index contributed by atoms with van der Waals surface area (Å²) in [6, 6.07) is 7.57. The summed E-state index contributed by atoms with van der Waals surface area (Å²) < 4.78 is 0. The molecule has 2 heteroatoms. The Kier molecular flexibility index (Phi) is 4.08. The Labute approximate surface area is 116 Å². The van der Waals surface area contributed by atoms with Crippen molar-refractivity contribution in [1.29, 1.82) is 0 Å². The number of nitrogens with one attached hydrogen (secondary N) is 1. The fraction of sp³-hybridized carbons (Fsp3) is 0.625. The molecule has 0 saturated heterocycles. The van der Waals surface area contributed by atoms with Crippen molar-refractivity contribution in [2.45, 2.75) is 62.6 Å². The van der Waals surface area contributed by atoms with Crippen molar-refractivity contribution in [2.75, 3.05) is 6.54 Å². The highest BCUT2D eigenvalue weighted by Gasteiger charge is 2.26. The lowest BCUT2D eigenvalue weighted by Crippen LogP contribution is -2.27. The van der Waals surface area contributed by atoms with Gasteiger partial charge in [-0.05, 0) is 35.6 Å². The second-order valence-electron chi connectivity index (χ2n) is 6.28. The highest BCUT2D eigenvalue weighted by Crippen LogP contribution is 2.42. The molecule has 1 nitrogen and oxygen atoms in total. The molecule has 2 rings (SSSR count). The molecule has 0 amide bonds. The van der Waals surface area contributed by atoms with Gasteiger partial charge in [-0.1, -0.05) is 46.8 Å². The molecule has 1 N–H and O–H groups in total. The van der Waals surface area contributed by atoms with Gasteiger partial charge in [0.2, 0.25) is 0 Å². The van der Waals surface area contributed by atoms with E-state index in [0.717, 1.165) is 6.54 Å². The molecule has 0 spiro atoms. The summed E-state index contributed by atoms with van der Waals surface area (Å²) in [6.45, 7) is 12.4. The third kappa shape index (κ3) is 2.92. The van der Waals surface area contributed by atoms with Crippen LogP contribution in [0, 0.1) is 0 Å². The number of rotatable bonds is 2. The lowest BCUT2D eigenvalue weighted by atomic mass is 9.85. The Hall–Kier alpha value is -0.470. The van der Waals surface area contributed by atoms with Crippen molar-refractivity contribution in [3.63, 3.8) is 0 Å². The first kappa shape index (κ1) is 14.0. The van der Waals surface area contributed by atoms with Gasteiger partial charge >= 0.3 is 0 Å². The maximum Gasteiger partial charge on any atom is 0.0341 e. The summed E-state index contributed by atoms with van der Waals surface area (Å²) in [5.74, 6) is 0. The van der Waals surface area contributed by atoms with Crippen LogP contribution in [0.3, 0.4) is 0 Å². The maximum absolute atomic E-state index is 3.64. The summed E-state index contributed by atoms with van der Waals surface area (Å²) in [4.78, 5) is 1.47. The first-order valence-electron chi connectivity index (χ1n) is 6.96. The zero-order chi connectivity index (χ0) is 13.3. The number of benzene rings is 1. The molecule has 2 atom stereocenters. The average molecular weight is 263 g/mol. The normalized spacial score (nSPS) is 23.8. The second-order valence-corrected chi connectivity index (χ2v) is 7.76. The molecule has 1 aliphatic heterocycles. The molecule has 100 valence electrons. The first-order valence-corrected chi connectivity index (χ1v) is 7.84. The molecular weight excluding hydrogens is 238 g/mol. The SMILES string of the molecule is CCNC1CC(C)Sc2ccc(C(C)(C)C)cc21. The topological polar surface area (TPSA) is 12.0 Å². The molecule has 2 unspecified atom stereocenters. The molecule has 0 bridgehead atoms. The van der Waals surface area contributed by atoms with Gasteiger partial charge in [0.25, 0.3) is 0 Å². The first-order chi connectivity index (χ1) is 8.41. The van der Waals surface area contributed by atoms with Crippen LogP contribution in [0.1, 0.15) is 58.2 Å². The zero-order valence-electron chi connectivity index (χ0n) is 12.2. The van der Waals surface area contributed by atoms with Crippen molar-refractivity contribution in [2.24, 2.45) is 0 Å². The number of hydrogen-bond donors (Lipinski definition) is 1. The van der Waals surface area contributed by atoms with Gasteiger partial charge < -0.3 is 5.32 Å². The molecule has 0 fully saturated rings. The van der Waals surface area contributed by atoms with Gasteiger partial charge in [0.1, 0.15) is 0 Å². The van der Waals surface area contributed by atoms with Crippen LogP contribution in [0.2, 0.25) is 0 Å². The molecule has 0 aromatic heterocycles. The quantitative estimate of drug-likeness (QED) is 0.842. The minimum atomic E-state index is 0.236. The minimum Gasteiger partial charge on any atom is -0.310 e. The fourth-order valence-corrected chi connectivity index (χ4v) is 3.76. The van der Waals surface area contributed by atoms with E-state index in [1.807, 2.05) is 11.8 Å². The van der Waals surface area contributed by atoms with Gasteiger partial charge in [-0.25, -0.2) is 0 Å². The summed E-state index contributed by atoms with van der Waals surface area (Å²) in [5.41, 5.74) is 3.19. The van der Waals surface area contributed by atoms with E-state index in [1.165, 1.54) is 22.4 Å². The van der Waals surface area contributed by atoms with Crippen molar-refractivity contribution in [1.82, 2.24) is 5.32 Å². The van der Waals surface area contributed by atoms with Crippen LogP contribution in [0.4, 0.5) is 0 Å². The zero-order valence-corrected chi connectivity index (χ0v) is 13.0. The van der Waals surface area contributed by atoms with Gasteiger partial charge in [-0.3, -0.25) is 0 Å². The van der Waals surface area contributed by atoms with E-state index in [0.29, 0.717) is 11.3 Å². The van der Waals surface area contributed by atoms with Crippen molar-refractivity contribution in [3.8, 4) is 0 Å². The molecule has 0 aliphatic carbocycles. The molecule has 1 aliphatic rings. The third-order valence-corrected chi connectivity index (χ3v) is 4.82. The van der Waals surface area contributed by atoms with E-state index in [-0.39, 0.29) is 5.41 Å². The molecule has 0 radical (unpaired) electrons. The van der Waals surface area contributed by atoms with Gasteiger partial charge in [0, 0.05) is 16.2 Å². The maximum atomic E-state index is 3.64. The van der Waals surface area contributed by atoms with Crippen LogP contribution in [0.15, 0.2) is 23.1 Å². The largest absolute Gasteiger partial charge is 0.310 e. The Bertz CT molecular complexity index is 420. The van der Waals surface area contributed by atoms with Crippen molar-refractivity contribution < 1.29 is 0 Å². The van der Waals surface area contributed by atoms with Gasteiger partial charge in [0.05, 0.1) is 0 Å². The van der Waals surface area contributed by atoms with Gasteiger partial charge in [0.15, 0.2) is 0 Å². The standard InChI is InChI=1S/C16H25NS/c1-6-17-14-9-11(2)18-15-8-7-12(10-13(14)15)16(3,4)5/h7-8,10-11,14,17H,6,9H2,1-5H3. The summed E-state index contributed by atoms with van der Waals surface area (Å²) in [6.07, 6.45) is 1.24. The van der Waals surface area contributed by atoms with Crippen LogP contribution >= 0.6 is 11.8 Å². The number of fused-ring (bicyclic) bond motifs is 1. The molecular formula is C16H25NS. The predicted octanol–water partition coefficient (Wildman–Crippen LogP) is 4.52. The highest BCUT2D eigenvalue weighted by atomic mass is 32.2. The van der Waals surface area contributed by atoms with Crippen LogP contribution in [0.5, 0.6) is 0 Å². The van der Waals surface area contributed by atoms with Gasteiger partial charge in [-0.2, -0.15) is 0 Å². The number of hydrogen-bond acceptors (Lipinski definition) is 2. The van der Waals surface area contributed by atoms with Crippen LogP contribution in [-0.2, 0) is 5.41 Å². The van der Waals surface area contributed by atoms with Crippen LogP contribution < -0.4 is 5.32 Å². The lowest BCUT2D eigenvalue weighted by Gasteiger charge is -2.31. The Balaban J connectivity index is 2.39. The van der Waals surface area contributed by atoms with Gasteiger partial charge in [-0.15, -0.1) is 11.8 Å². The smallest absolute Gasteiger partial charge is 0.0341 e. The lowest BCUT2D eigenvalue weighted by molar-refractivity contribution is 0.497. The Morgan fingerprint density at radius 1 is 1.33 bits per heavy atom. The summed E-state index contributed by atoms with van der Waals surface area (Å²) in [5, 5.41) is 4.35. The Morgan fingerprint density at radius 3 is 2.67 bits per heavy atom. The number of thioether (sulfide) groups is 1. The monoisotopic (exact) mass is 263 g/mol.